The van der Waals surface area contributed by atoms with E-state index in [1.165, 1.54) is 19.3 Å². The summed E-state index contributed by atoms with van der Waals surface area (Å²) in [5.41, 5.74) is 3.94. The fourth-order valence-electron chi connectivity index (χ4n) is 6.93. The van der Waals surface area contributed by atoms with Gasteiger partial charge in [0.2, 0.25) is 6.29 Å². The molecule has 234 valence electrons. The molecule has 9 heteroatoms. The van der Waals surface area contributed by atoms with Crippen molar-refractivity contribution in [2.45, 2.75) is 76.9 Å². The van der Waals surface area contributed by atoms with Crippen molar-refractivity contribution in [2.75, 3.05) is 26.2 Å². The van der Waals surface area contributed by atoms with Crippen LogP contribution in [0, 0.1) is 6.92 Å². The quantitative estimate of drug-likeness (QED) is 0.413. The minimum absolute atomic E-state index is 0.0168. The highest BCUT2D eigenvalue weighted by Crippen LogP contribution is 2.34. The lowest BCUT2D eigenvalue weighted by molar-refractivity contribution is -0.157. The number of aromatic nitrogens is 2. The van der Waals surface area contributed by atoms with E-state index >= 15 is 0 Å². The molecule has 9 nitrogen and oxygen atoms in total. The highest BCUT2D eigenvalue weighted by atomic mass is 16.7. The van der Waals surface area contributed by atoms with Gasteiger partial charge < -0.3 is 24.4 Å². The lowest BCUT2D eigenvalue weighted by Crippen LogP contribution is -2.49. The molecule has 2 saturated heterocycles. The molecule has 2 aromatic carbocycles. The van der Waals surface area contributed by atoms with Gasteiger partial charge in [-0.3, -0.25) is 14.3 Å². The summed E-state index contributed by atoms with van der Waals surface area (Å²) in [6.07, 6.45) is 7.33. The van der Waals surface area contributed by atoms with Crippen molar-refractivity contribution in [2.24, 2.45) is 7.05 Å². The molecule has 3 aliphatic rings. The van der Waals surface area contributed by atoms with Crippen LogP contribution in [-0.2, 0) is 34.5 Å². The highest BCUT2D eigenvalue weighted by Gasteiger charge is 2.36. The average molecular weight is 601 g/mol. The van der Waals surface area contributed by atoms with E-state index < -0.39 is 6.29 Å². The number of benzene rings is 2. The monoisotopic (exact) mass is 600 g/mol. The molecular weight excluding hydrogens is 556 g/mol. The third-order valence-corrected chi connectivity index (χ3v) is 9.54. The molecule has 0 aliphatic carbocycles. The van der Waals surface area contributed by atoms with Gasteiger partial charge in [0.25, 0.3) is 11.5 Å². The fourth-order valence-corrected chi connectivity index (χ4v) is 6.93. The molecule has 6 rings (SSSR count). The van der Waals surface area contributed by atoms with Gasteiger partial charge in [-0.2, -0.15) is 0 Å². The van der Waals surface area contributed by atoms with Gasteiger partial charge in [0, 0.05) is 49.8 Å². The summed E-state index contributed by atoms with van der Waals surface area (Å²) in [5, 5.41) is 9.38. The Morgan fingerprint density at radius 2 is 1.64 bits per heavy atom. The zero-order valence-electron chi connectivity index (χ0n) is 25.9. The second kappa shape index (κ2) is 13.5. The van der Waals surface area contributed by atoms with Crippen LogP contribution in [-0.4, -0.2) is 68.7 Å². The van der Waals surface area contributed by atoms with E-state index in [2.05, 4.69) is 4.90 Å². The Morgan fingerprint density at radius 1 is 0.955 bits per heavy atom. The molecule has 3 aliphatic heterocycles. The second-order valence-corrected chi connectivity index (χ2v) is 12.3. The summed E-state index contributed by atoms with van der Waals surface area (Å²) >= 11 is 0. The number of piperidine rings is 2. The van der Waals surface area contributed by atoms with E-state index in [1.54, 1.807) is 4.68 Å². The maximum Gasteiger partial charge on any atom is 0.288 e. The first-order valence-electron chi connectivity index (χ1n) is 16.0. The number of ether oxygens (including phenoxy) is 2. The number of allylic oxidation sites excluding steroid dienone is 1. The van der Waals surface area contributed by atoms with E-state index in [0.717, 1.165) is 48.4 Å². The number of aliphatic hydroxyl groups excluding tert-OH is 1. The Morgan fingerprint density at radius 3 is 2.32 bits per heavy atom. The number of rotatable bonds is 8. The van der Waals surface area contributed by atoms with Crippen LogP contribution in [0.25, 0.3) is 5.69 Å². The van der Waals surface area contributed by atoms with Crippen molar-refractivity contribution < 1.29 is 19.4 Å². The van der Waals surface area contributed by atoms with Gasteiger partial charge in [0.1, 0.15) is 0 Å². The molecule has 3 aromatic rings. The minimum atomic E-state index is -0.698. The summed E-state index contributed by atoms with van der Waals surface area (Å²) in [7, 11) is 1.89. The number of hydrogen-bond acceptors (Lipinski definition) is 6. The summed E-state index contributed by atoms with van der Waals surface area (Å²) in [4.78, 5) is 32.4. The third kappa shape index (κ3) is 6.41. The van der Waals surface area contributed by atoms with E-state index in [1.807, 2.05) is 84.2 Å². The number of carbonyl (C=O) groups is 1. The predicted molar refractivity (Wildman–Crippen MR) is 168 cm³/mol. The minimum Gasteiger partial charge on any atom is -0.459 e. The first kappa shape index (κ1) is 30.4. The first-order chi connectivity index (χ1) is 21.4. The number of hydrogen-bond donors (Lipinski definition) is 1. The number of carbonyl (C=O) groups excluding carboxylic acids is 1. The Balaban J connectivity index is 1.24. The van der Waals surface area contributed by atoms with Gasteiger partial charge in [-0.25, -0.2) is 4.68 Å². The summed E-state index contributed by atoms with van der Waals surface area (Å²) in [6.45, 7) is 5.93. The van der Waals surface area contributed by atoms with Crippen LogP contribution in [0.5, 0.6) is 0 Å². The molecule has 0 saturated carbocycles. The van der Waals surface area contributed by atoms with Crippen molar-refractivity contribution in [3.63, 3.8) is 0 Å². The van der Waals surface area contributed by atoms with Crippen molar-refractivity contribution in [3.8, 4) is 5.69 Å². The molecule has 2 fully saturated rings. The fraction of sp³-hybridized carbons (Fsp3) is 0.486. The van der Waals surface area contributed by atoms with Crippen molar-refractivity contribution in [1.82, 2.24) is 19.2 Å². The van der Waals surface area contributed by atoms with Gasteiger partial charge >= 0.3 is 0 Å². The molecule has 0 bridgehead atoms. The van der Waals surface area contributed by atoms with E-state index in [0.29, 0.717) is 31.1 Å². The number of aliphatic hydroxyl groups is 1. The van der Waals surface area contributed by atoms with Crippen LogP contribution in [0.3, 0.4) is 0 Å². The van der Waals surface area contributed by atoms with E-state index in [9.17, 15) is 14.7 Å². The lowest BCUT2D eigenvalue weighted by atomic mass is 9.92. The van der Waals surface area contributed by atoms with E-state index in [-0.39, 0.29) is 36.4 Å². The van der Waals surface area contributed by atoms with Crippen molar-refractivity contribution in [1.29, 1.82) is 0 Å². The molecule has 4 heterocycles. The number of nitrogens with zero attached hydrogens (tertiary/aromatic N) is 4. The standard InChI is InChI=1S/C35H44N4O5/c1-25-33(35(42)39(36(25)2)30-9-5-3-6-10-30)28-21-31(44-32(22-28)43-24-27-13-11-26(23-40)12-14-27)34(41)38-19-15-29(16-20-38)37-17-7-4-8-18-37/h3,5-6,9-14,21,28-29,32,40H,4,7-8,15-20,22-24H2,1-2H3. The first-order valence-corrected chi connectivity index (χ1v) is 16.0. The molecule has 0 spiro atoms. The SMILES string of the molecule is Cc1c(C2C=C(C(=O)N3CCC(N4CCCCC4)CC3)OC(OCc3ccc(CO)cc3)C2)c(=O)n(-c2ccccc2)n1C. The van der Waals surface area contributed by atoms with Crippen LogP contribution in [0.2, 0.25) is 0 Å². The zero-order chi connectivity index (χ0) is 30.6. The molecule has 0 radical (unpaired) electrons. The molecule has 1 aromatic heterocycles. The van der Waals surface area contributed by atoms with Crippen LogP contribution in [0.1, 0.15) is 66.8 Å². The summed E-state index contributed by atoms with van der Waals surface area (Å²) < 4.78 is 16.0. The molecule has 44 heavy (non-hydrogen) atoms. The Hall–Kier alpha value is -3.66. The Kier molecular flexibility index (Phi) is 9.35. The molecule has 1 amide bonds. The molecule has 2 atom stereocenters. The zero-order valence-corrected chi connectivity index (χ0v) is 25.9. The Labute approximate surface area is 259 Å². The molecule has 1 N–H and O–H groups in total. The normalized spacial score (nSPS) is 21.6. The Bertz CT molecular complexity index is 1510. The van der Waals surface area contributed by atoms with Crippen LogP contribution in [0.4, 0.5) is 0 Å². The van der Waals surface area contributed by atoms with Gasteiger partial charge in [-0.15, -0.1) is 0 Å². The number of para-hydroxylation sites is 1. The van der Waals surface area contributed by atoms with Crippen molar-refractivity contribution in [3.05, 3.63) is 99.2 Å². The molecular formula is C35H44N4O5. The van der Waals surface area contributed by atoms with Gasteiger partial charge in [-0.1, -0.05) is 48.9 Å². The van der Waals surface area contributed by atoms with E-state index in [4.69, 9.17) is 9.47 Å². The highest BCUT2D eigenvalue weighted by molar-refractivity contribution is 5.92. The van der Waals surface area contributed by atoms with Crippen LogP contribution < -0.4 is 5.56 Å². The maximum absolute atomic E-state index is 13.9. The summed E-state index contributed by atoms with van der Waals surface area (Å²) in [5.74, 6) is -0.226. The topological polar surface area (TPSA) is 89.2 Å². The largest absolute Gasteiger partial charge is 0.459 e. The van der Waals surface area contributed by atoms with Gasteiger partial charge in [0.15, 0.2) is 5.76 Å². The van der Waals surface area contributed by atoms with Crippen molar-refractivity contribution >= 4 is 5.91 Å². The van der Waals surface area contributed by atoms with Gasteiger partial charge in [-0.05, 0) is 75.0 Å². The van der Waals surface area contributed by atoms with Crippen LogP contribution >= 0.6 is 0 Å². The number of amides is 1. The third-order valence-electron chi connectivity index (χ3n) is 9.54. The van der Waals surface area contributed by atoms with Crippen LogP contribution in [0.15, 0.2) is 71.2 Å². The average Bonchev–Trinajstić information content (AvgIpc) is 3.31. The second-order valence-electron chi connectivity index (χ2n) is 12.3. The predicted octanol–water partition coefficient (Wildman–Crippen LogP) is 4.38. The molecule has 2 unspecified atom stereocenters. The summed E-state index contributed by atoms with van der Waals surface area (Å²) in [6, 6.07) is 17.7. The number of likely N-dealkylation sites (tertiary alicyclic amines) is 2. The lowest BCUT2D eigenvalue weighted by Gasteiger charge is -2.40. The smallest absolute Gasteiger partial charge is 0.288 e. The van der Waals surface area contributed by atoms with Gasteiger partial charge in [0.05, 0.1) is 18.9 Å². The maximum atomic E-state index is 13.9.